The number of nitrogens with one attached hydrogen (secondary N) is 1. The third-order valence-electron chi connectivity index (χ3n) is 3.55. The van der Waals surface area contributed by atoms with Crippen LogP contribution in [0.25, 0.3) is 0 Å². The first-order chi connectivity index (χ1) is 12.5. The number of nitrogens with zero attached hydrogens (tertiary/aromatic N) is 1. The number of anilines is 1. The second-order valence-corrected chi connectivity index (χ2v) is 6.23. The summed E-state index contributed by atoms with van der Waals surface area (Å²) in [5.41, 5.74) is 0.640. The summed E-state index contributed by atoms with van der Waals surface area (Å²) < 4.78 is 1.03. The average Bonchev–Trinajstić information content (AvgIpc) is 2.64. The Balaban J connectivity index is 1.77. The molecule has 0 radical (unpaired) electrons. The summed E-state index contributed by atoms with van der Waals surface area (Å²) in [5, 5.41) is 3.33. The molecule has 0 saturated carbocycles. The second kappa shape index (κ2) is 8.08. The summed E-state index contributed by atoms with van der Waals surface area (Å²) in [6.07, 6.45) is 1.46. The third kappa shape index (κ3) is 4.25. The number of carbonyl (C=O) groups excluding carboxylic acids is 1. The van der Waals surface area contributed by atoms with Crippen molar-refractivity contribution >= 4 is 34.8 Å². The Kier molecular flexibility index (Phi) is 5.61. The fraction of sp³-hybridized carbons (Fsp3) is 0.0526. The number of rotatable bonds is 5. The SMILES string of the molecule is O=C(Nc1ccc(Cl)cc1Cl)c1cccn(OCc2ccccc2)c1=O. The fourth-order valence-corrected chi connectivity index (χ4v) is 2.70. The summed E-state index contributed by atoms with van der Waals surface area (Å²) in [7, 11) is 0. The van der Waals surface area contributed by atoms with Crippen LogP contribution in [0, 0.1) is 0 Å². The van der Waals surface area contributed by atoms with Crippen LogP contribution in [0.5, 0.6) is 0 Å². The monoisotopic (exact) mass is 388 g/mol. The maximum Gasteiger partial charge on any atom is 0.295 e. The van der Waals surface area contributed by atoms with Crippen LogP contribution >= 0.6 is 23.2 Å². The molecule has 26 heavy (non-hydrogen) atoms. The molecular formula is C19H14Cl2N2O3. The zero-order valence-corrected chi connectivity index (χ0v) is 15.0. The van der Waals surface area contributed by atoms with E-state index in [1.807, 2.05) is 30.3 Å². The smallest absolute Gasteiger partial charge is 0.295 e. The van der Waals surface area contributed by atoms with E-state index >= 15 is 0 Å². The van der Waals surface area contributed by atoms with Gasteiger partial charge in [-0.25, -0.2) is 0 Å². The minimum atomic E-state index is -0.586. The van der Waals surface area contributed by atoms with Crippen molar-refractivity contribution in [1.29, 1.82) is 0 Å². The molecule has 0 fully saturated rings. The molecule has 7 heteroatoms. The Bertz CT molecular complexity index is 988. The molecule has 0 aliphatic heterocycles. The van der Waals surface area contributed by atoms with Crippen molar-refractivity contribution in [1.82, 2.24) is 4.73 Å². The molecule has 1 amide bonds. The minimum Gasteiger partial charge on any atom is -0.406 e. The lowest BCUT2D eigenvalue weighted by Crippen LogP contribution is -2.32. The molecule has 1 aromatic heterocycles. The van der Waals surface area contributed by atoms with E-state index in [1.165, 1.54) is 18.3 Å². The van der Waals surface area contributed by atoms with Crippen molar-refractivity contribution in [2.24, 2.45) is 0 Å². The van der Waals surface area contributed by atoms with Gasteiger partial charge in [-0.15, -0.1) is 0 Å². The van der Waals surface area contributed by atoms with Gasteiger partial charge in [0.05, 0.1) is 10.7 Å². The highest BCUT2D eigenvalue weighted by molar-refractivity contribution is 6.36. The van der Waals surface area contributed by atoms with E-state index in [9.17, 15) is 9.59 Å². The fourth-order valence-electron chi connectivity index (χ4n) is 2.25. The zero-order chi connectivity index (χ0) is 18.5. The molecule has 1 N–H and O–H groups in total. The van der Waals surface area contributed by atoms with E-state index in [1.54, 1.807) is 18.2 Å². The second-order valence-electron chi connectivity index (χ2n) is 5.39. The quantitative estimate of drug-likeness (QED) is 0.717. The Labute approximate surface area is 159 Å². The van der Waals surface area contributed by atoms with Crippen molar-refractivity contribution in [3.63, 3.8) is 0 Å². The van der Waals surface area contributed by atoms with Crippen molar-refractivity contribution < 1.29 is 9.63 Å². The van der Waals surface area contributed by atoms with Gasteiger partial charge in [-0.1, -0.05) is 53.5 Å². The summed E-state index contributed by atoms with van der Waals surface area (Å²) in [4.78, 5) is 30.4. The number of benzene rings is 2. The van der Waals surface area contributed by atoms with Gasteiger partial charge in [0.15, 0.2) is 0 Å². The molecule has 0 spiro atoms. The van der Waals surface area contributed by atoms with Gasteiger partial charge in [0.25, 0.3) is 11.5 Å². The molecular weight excluding hydrogens is 375 g/mol. The van der Waals surface area contributed by atoms with Gasteiger partial charge in [-0.2, -0.15) is 4.73 Å². The van der Waals surface area contributed by atoms with Gasteiger partial charge >= 0.3 is 0 Å². The van der Waals surface area contributed by atoms with Crippen LogP contribution in [0.15, 0.2) is 71.7 Å². The zero-order valence-electron chi connectivity index (χ0n) is 13.5. The van der Waals surface area contributed by atoms with E-state index in [0.29, 0.717) is 10.7 Å². The number of hydrogen-bond acceptors (Lipinski definition) is 3. The molecule has 3 aromatic rings. The standard InChI is InChI=1S/C19H14Cl2N2O3/c20-14-8-9-17(16(21)11-14)22-18(24)15-7-4-10-23(19(15)25)26-12-13-5-2-1-3-6-13/h1-11H,12H2,(H,22,24). The maximum absolute atomic E-state index is 12.5. The lowest BCUT2D eigenvalue weighted by Gasteiger charge is -2.11. The van der Waals surface area contributed by atoms with Crippen LogP contribution in [0.3, 0.4) is 0 Å². The highest BCUT2D eigenvalue weighted by Gasteiger charge is 2.14. The Morgan fingerprint density at radius 1 is 1.04 bits per heavy atom. The highest BCUT2D eigenvalue weighted by Crippen LogP contribution is 2.25. The van der Waals surface area contributed by atoms with E-state index < -0.39 is 11.5 Å². The lowest BCUT2D eigenvalue weighted by molar-refractivity contribution is 0.0863. The maximum atomic E-state index is 12.5. The molecule has 3 rings (SSSR count). The van der Waals surface area contributed by atoms with E-state index in [4.69, 9.17) is 28.0 Å². The van der Waals surface area contributed by atoms with Gasteiger partial charge in [-0.05, 0) is 35.9 Å². The topological polar surface area (TPSA) is 60.3 Å². The molecule has 1 heterocycles. The molecule has 0 unspecified atom stereocenters. The first kappa shape index (κ1) is 18.0. The summed E-state index contributed by atoms with van der Waals surface area (Å²) >= 11 is 11.9. The van der Waals surface area contributed by atoms with E-state index in [-0.39, 0.29) is 17.2 Å². The van der Waals surface area contributed by atoms with E-state index in [0.717, 1.165) is 10.3 Å². The molecule has 0 aliphatic rings. The van der Waals surface area contributed by atoms with Crippen LogP contribution in [0.4, 0.5) is 5.69 Å². The van der Waals surface area contributed by atoms with Gasteiger partial charge in [0, 0.05) is 11.2 Å². The van der Waals surface area contributed by atoms with Crippen molar-refractivity contribution in [3.8, 4) is 0 Å². The number of carbonyl (C=O) groups is 1. The van der Waals surface area contributed by atoms with Gasteiger partial charge in [0.2, 0.25) is 0 Å². The molecule has 132 valence electrons. The number of halogens is 2. The lowest BCUT2D eigenvalue weighted by atomic mass is 10.2. The molecule has 0 saturated heterocycles. The summed E-state index contributed by atoms with van der Waals surface area (Å²) in [5.74, 6) is -0.586. The van der Waals surface area contributed by atoms with Gasteiger partial charge in [0.1, 0.15) is 12.2 Å². The number of amides is 1. The van der Waals surface area contributed by atoms with E-state index in [2.05, 4.69) is 5.32 Å². The van der Waals surface area contributed by atoms with Crippen LogP contribution in [-0.4, -0.2) is 10.6 Å². The summed E-state index contributed by atoms with van der Waals surface area (Å²) in [6, 6.07) is 17.0. The Hall–Kier alpha value is -2.76. The van der Waals surface area contributed by atoms with Crippen LogP contribution in [0.2, 0.25) is 10.0 Å². The predicted octanol–water partition coefficient (Wildman–Crippen LogP) is 4.04. The van der Waals surface area contributed by atoms with Gasteiger partial charge < -0.3 is 10.2 Å². The largest absolute Gasteiger partial charge is 0.406 e. The Morgan fingerprint density at radius 3 is 2.54 bits per heavy atom. The number of pyridine rings is 1. The highest BCUT2D eigenvalue weighted by atomic mass is 35.5. The third-order valence-corrected chi connectivity index (χ3v) is 4.10. The number of hydrogen-bond donors (Lipinski definition) is 1. The van der Waals surface area contributed by atoms with Crippen molar-refractivity contribution in [2.75, 3.05) is 5.32 Å². The first-order valence-corrected chi connectivity index (χ1v) is 8.45. The van der Waals surface area contributed by atoms with Crippen LogP contribution < -0.4 is 15.7 Å². The minimum absolute atomic E-state index is 0.0634. The summed E-state index contributed by atoms with van der Waals surface area (Å²) in [6.45, 7) is 0.203. The molecule has 0 bridgehead atoms. The average molecular weight is 389 g/mol. The molecule has 2 aromatic carbocycles. The van der Waals surface area contributed by atoms with Crippen molar-refractivity contribution in [2.45, 2.75) is 6.61 Å². The number of aromatic nitrogens is 1. The molecule has 0 atom stereocenters. The van der Waals surface area contributed by atoms with Crippen molar-refractivity contribution in [3.05, 3.63) is 98.4 Å². The molecule has 0 aliphatic carbocycles. The van der Waals surface area contributed by atoms with Gasteiger partial charge in [-0.3, -0.25) is 9.59 Å². The first-order valence-electron chi connectivity index (χ1n) is 7.70. The normalized spacial score (nSPS) is 10.4. The predicted molar refractivity (Wildman–Crippen MR) is 102 cm³/mol. The molecule has 5 nitrogen and oxygen atoms in total. The van der Waals surface area contributed by atoms with Crippen LogP contribution in [-0.2, 0) is 6.61 Å². The van der Waals surface area contributed by atoms with Crippen LogP contribution in [0.1, 0.15) is 15.9 Å². The Morgan fingerprint density at radius 2 is 1.81 bits per heavy atom.